The molecule has 0 aliphatic carbocycles. The minimum atomic E-state index is -1.27. The highest BCUT2D eigenvalue weighted by Crippen LogP contribution is 2.21. The van der Waals surface area contributed by atoms with Crippen molar-refractivity contribution < 1.29 is 25.2 Å². The van der Waals surface area contributed by atoms with Gasteiger partial charge in [-0.3, -0.25) is 0 Å². The second kappa shape index (κ2) is 24.2. The SMILES string of the molecule is CCCCCCCCCCCCC(O)(CO)COCC(O)(CO)CCCCCCCCCCCC. The third-order valence-corrected chi connectivity index (χ3v) is 7.32. The van der Waals surface area contributed by atoms with E-state index in [0.717, 1.165) is 25.7 Å². The van der Waals surface area contributed by atoms with E-state index in [1.165, 1.54) is 103 Å². The molecule has 5 heteroatoms. The molecule has 0 aromatic carbocycles. The number of unbranched alkanes of at least 4 members (excludes halogenated alkanes) is 18. The molecule has 5 nitrogen and oxygen atoms in total. The van der Waals surface area contributed by atoms with Gasteiger partial charge in [-0.2, -0.15) is 0 Å². The molecule has 0 aromatic heterocycles. The van der Waals surface area contributed by atoms with Crippen LogP contribution in [-0.2, 0) is 4.74 Å². The summed E-state index contributed by atoms with van der Waals surface area (Å²) < 4.78 is 5.61. The number of ether oxygens (including phenoxy) is 1. The second-order valence-corrected chi connectivity index (χ2v) is 11.1. The largest absolute Gasteiger partial charge is 0.393 e. The first-order chi connectivity index (χ1) is 16.9. The zero-order chi connectivity index (χ0) is 26.1. The van der Waals surface area contributed by atoms with Crippen molar-refractivity contribution in [3.05, 3.63) is 0 Å². The van der Waals surface area contributed by atoms with Crippen LogP contribution >= 0.6 is 0 Å². The maximum Gasteiger partial charge on any atom is 0.111 e. The Balaban J connectivity index is 3.88. The summed E-state index contributed by atoms with van der Waals surface area (Å²) in [6, 6.07) is 0. The van der Waals surface area contributed by atoms with Gasteiger partial charge >= 0.3 is 0 Å². The lowest BCUT2D eigenvalue weighted by Gasteiger charge is -2.30. The van der Waals surface area contributed by atoms with Crippen molar-refractivity contribution >= 4 is 0 Å². The van der Waals surface area contributed by atoms with Crippen molar-refractivity contribution in [2.45, 2.75) is 166 Å². The minimum absolute atomic E-state index is 0.0126. The van der Waals surface area contributed by atoms with Gasteiger partial charge in [-0.05, 0) is 12.8 Å². The van der Waals surface area contributed by atoms with E-state index in [2.05, 4.69) is 13.8 Å². The van der Waals surface area contributed by atoms with Gasteiger partial charge in [-0.1, -0.05) is 142 Å². The maximum absolute atomic E-state index is 10.7. The summed E-state index contributed by atoms with van der Waals surface area (Å²) in [6.45, 7) is 3.76. The predicted octanol–water partition coefficient (Wildman–Crippen LogP) is 7.07. The molecular formula is C30H62O5. The highest BCUT2D eigenvalue weighted by Gasteiger charge is 2.30. The lowest BCUT2D eigenvalue weighted by molar-refractivity contribution is -0.129. The number of aliphatic hydroxyl groups excluding tert-OH is 2. The summed E-state index contributed by atoms with van der Waals surface area (Å²) in [6.07, 6.45) is 25.5. The van der Waals surface area contributed by atoms with Gasteiger partial charge < -0.3 is 25.2 Å². The van der Waals surface area contributed by atoms with Crippen molar-refractivity contribution in [2.24, 2.45) is 0 Å². The van der Waals surface area contributed by atoms with Crippen LogP contribution in [0.15, 0.2) is 0 Å². The van der Waals surface area contributed by atoms with Crippen molar-refractivity contribution in [1.82, 2.24) is 0 Å². The quantitative estimate of drug-likeness (QED) is 0.0859. The van der Waals surface area contributed by atoms with E-state index in [1.54, 1.807) is 0 Å². The lowest BCUT2D eigenvalue weighted by Crippen LogP contribution is -2.43. The Bertz CT molecular complexity index is 395. The molecule has 0 saturated heterocycles. The number of hydrogen-bond donors (Lipinski definition) is 4. The zero-order valence-corrected chi connectivity index (χ0v) is 23.6. The molecule has 0 saturated carbocycles. The van der Waals surface area contributed by atoms with Crippen LogP contribution in [0.3, 0.4) is 0 Å². The van der Waals surface area contributed by atoms with Crippen molar-refractivity contribution in [2.75, 3.05) is 26.4 Å². The number of hydrogen-bond acceptors (Lipinski definition) is 5. The average molecular weight is 503 g/mol. The molecular weight excluding hydrogens is 440 g/mol. The molecule has 0 radical (unpaired) electrons. The van der Waals surface area contributed by atoms with Gasteiger partial charge in [0.25, 0.3) is 0 Å². The molecule has 0 aliphatic rings. The summed E-state index contributed by atoms with van der Waals surface area (Å²) >= 11 is 0. The summed E-state index contributed by atoms with van der Waals surface area (Å²) in [7, 11) is 0. The van der Waals surface area contributed by atoms with Crippen molar-refractivity contribution in [3.8, 4) is 0 Å². The molecule has 4 N–H and O–H groups in total. The summed E-state index contributed by atoms with van der Waals surface area (Å²) in [5.41, 5.74) is -2.54. The molecule has 0 spiro atoms. The van der Waals surface area contributed by atoms with Gasteiger partial charge in [0.2, 0.25) is 0 Å². The van der Waals surface area contributed by atoms with Crippen LogP contribution in [0.4, 0.5) is 0 Å². The Morgan fingerprint density at radius 2 is 0.686 bits per heavy atom. The second-order valence-electron chi connectivity index (χ2n) is 11.1. The molecule has 212 valence electrons. The molecule has 2 unspecified atom stereocenters. The monoisotopic (exact) mass is 502 g/mol. The highest BCUT2D eigenvalue weighted by molar-refractivity contribution is 4.81. The van der Waals surface area contributed by atoms with Crippen molar-refractivity contribution in [1.29, 1.82) is 0 Å². The van der Waals surface area contributed by atoms with Crippen LogP contribution < -0.4 is 0 Å². The van der Waals surface area contributed by atoms with Crippen LogP contribution in [-0.4, -0.2) is 58.1 Å². The van der Waals surface area contributed by atoms with Gasteiger partial charge in [0, 0.05) is 0 Å². The molecule has 0 fully saturated rings. The van der Waals surface area contributed by atoms with Gasteiger partial charge in [0.1, 0.15) is 11.2 Å². The van der Waals surface area contributed by atoms with Gasteiger partial charge in [-0.25, -0.2) is 0 Å². The van der Waals surface area contributed by atoms with Gasteiger partial charge in [-0.15, -0.1) is 0 Å². The van der Waals surface area contributed by atoms with E-state index in [1.807, 2.05) is 0 Å². The molecule has 0 amide bonds. The van der Waals surface area contributed by atoms with E-state index in [9.17, 15) is 20.4 Å². The molecule has 0 rings (SSSR count). The fourth-order valence-electron chi connectivity index (χ4n) is 4.71. The Hall–Kier alpha value is -0.200. The third kappa shape index (κ3) is 21.6. The van der Waals surface area contributed by atoms with E-state index >= 15 is 0 Å². The number of aliphatic hydroxyl groups is 4. The summed E-state index contributed by atoms with van der Waals surface area (Å²) in [5.74, 6) is 0. The minimum Gasteiger partial charge on any atom is -0.393 e. The summed E-state index contributed by atoms with van der Waals surface area (Å²) in [4.78, 5) is 0. The molecule has 0 aliphatic heterocycles. The smallest absolute Gasteiger partial charge is 0.111 e. The third-order valence-electron chi connectivity index (χ3n) is 7.32. The lowest BCUT2D eigenvalue weighted by atomic mass is 9.95. The van der Waals surface area contributed by atoms with Crippen LogP contribution in [0.1, 0.15) is 155 Å². The first kappa shape index (κ1) is 34.8. The zero-order valence-electron chi connectivity index (χ0n) is 23.6. The Morgan fingerprint density at radius 1 is 0.429 bits per heavy atom. The van der Waals surface area contributed by atoms with E-state index in [-0.39, 0.29) is 26.4 Å². The van der Waals surface area contributed by atoms with Gasteiger partial charge in [0.15, 0.2) is 0 Å². The predicted molar refractivity (Wildman–Crippen MR) is 148 cm³/mol. The highest BCUT2D eigenvalue weighted by atomic mass is 16.5. The van der Waals surface area contributed by atoms with Gasteiger partial charge in [0.05, 0.1) is 26.4 Å². The van der Waals surface area contributed by atoms with Crippen LogP contribution in [0.5, 0.6) is 0 Å². The Morgan fingerprint density at radius 3 is 0.943 bits per heavy atom. The molecule has 0 bridgehead atoms. The van der Waals surface area contributed by atoms with E-state index in [4.69, 9.17) is 4.74 Å². The van der Waals surface area contributed by atoms with E-state index < -0.39 is 11.2 Å². The fraction of sp³-hybridized carbons (Fsp3) is 1.00. The Labute approximate surface area is 218 Å². The first-order valence-corrected chi connectivity index (χ1v) is 15.2. The molecule has 35 heavy (non-hydrogen) atoms. The molecule has 0 aromatic rings. The standard InChI is InChI=1S/C30H62O5/c1-3-5-7-9-11-13-15-17-19-21-23-29(33,25-31)27-35-28-30(34,26-32)24-22-20-18-16-14-12-10-8-6-4-2/h31-34H,3-28H2,1-2H3. The molecule has 2 atom stereocenters. The average Bonchev–Trinajstić information content (AvgIpc) is 2.86. The fourth-order valence-corrected chi connectivity index (χ4v) is 4.71. The summed E-state index contributed by atoms with van der Waals surface area (Å²) in [5, 5.41) is 40.7. The normalized spacial score (nSPS) is 15.3. The molecule has 0 heterocycles. The van der Waals surface area contributed by atoms with Crippen LogP contribution in [0.25, 0.3) is 0 Å². The maximum atomic E-state index is 10.7. The van der Waals surface area contributed by atoms with Crippen LogP contribution in [0, 0.1) is 0 Å². The van der Waals surface area contributed by atoms with Crippen molar-refractivity contribution in [3.63, 3.8) is 0 Å². The first-order valence-electron chi connectivity index (χ1n) is 15.2. The Kier molecular flexibility index (Phi) is 24.0. The van der Waals surface area contributed by atoms with E-state index in [0.29, 0.717) is 12.8 Å². The number of rotatable bonds is 28. The topological polar surface area (TPSA) is 90.2 Å². The van der Waals surface area contributed by atoms with Crippen LogP contribution in [0.2, 0.25) is 0 Å².